The highest BCUT2D eigenvalue weighted by Crippen LogP contribution is 2.32. The number of benzene rings is 3. The topological polar surface area (TPSA) is 106 Å². The zero-order valence-electron chi connectivity index (χ0n) is 27.9. The first kappa shape index (κ1) is 20.0. The van der Waals surface area contributed by atoms with Crippen molar-refractivity contribution < 1.29 is 31.6 Å². The molecule has 0 fully saturated rings. The van der Waals surface area contributed by atoms with E-state index in [1.807, 2.05) is 0 Å². The van der Waals surface area contributed by atoms with Gasteiger partial charge in [0.25, 0.3) is 0 Å². The van der Waals surface area contributed by atoms with Crippen molar-refractivity contribution in [1.82, 2.24) is 15.3 Å². The van der Waals surface area contributed by atoms with Crippen LogP contribution in [0.15, 0.2) is 83.5 Å². The van der Waals surface area contributed by atoms with Crippen molar-refractivity contribution in [2.45, 2.75) is 13.1 Å². The van der Waals surface area contributed by atoms with Gasteiger partial charge < -0.3 is 19.8 Å². The van der Waals surface area contributed by atoms with Gasteiger partial charge in [0.05, 0.1) is 29.7 Å². The van der Waals surface area contributed by atoms with E-state index in [-0.39, 0.29) is 23.6 Å². The van der Waals surface area contributed by atoms with Crippen LogP contribution in [0, 0.1) is 5.82 Å². The molecule has 0 saturated carbocycles. The van der Waals surface area contributed by atoms with Gasteiger partial charge in [0.1, 0.15) is 51.6 Å². The summed E-state index contributed by atoms with van der Waals surface area (Å²) < 4.78 is 106. The second-order valence-electron chi connectivity index (χ2n) is 8.55. The fraction of sp³-hybridized carbons (Fsp3) is 0.172. The van der Waals surface area contributed by atoms with E-state index in [4.69, 9.17) is 30.4 Å². The quantitative estimate of drug-likeness (QED) is 0.190. The standard InChI is InChI=1S/C29H26ClFN4O4S/c1-40(36,37)12-11-32-16-23-7-10-27(39-23)20-5-8-26-24(14-20)29(34-18-33-26)35-22-6-9-28(25(30)15-22)38-17-19-3-2-4-21(31)13-19/h2-10,13-15,18,32H,11-12,16-17H2,1H3,(H,33,34,35)/i6D,9D,11D2,15D,17D2. The van der Waals surface area contributed by atoms with E-state index in [0.29, 0.717) is 28.0 Å². The minimum Gasteiger partial charge on any atom is -0.487 e. The molecule has 5 rings (SSSR count). The Bertz CT molecular complexity index is 2070. The summed E-state index contributed by atoms with van der Waals surface area (Å²) in [6, 6.07) is 11.4. The lowest BCUT2D eigenvalue weighted by atomic mass is 10.1. The van der Waals surface area contributed by atoms with E-state index in [1.54, 1.807) is 30.3 Å². The predicted octanol–water partition coefficient (Wildman–Crippen LogP) is 6.14. The number of furan rings is 1. The van der Waals surface area contributed by atoms with Gasteiger partial charge in [-0.15, -0.1) is 0 Å². The molecule has 206 valence electrons. The lowest BCUT2D eigenvalue weighted by Crippen LogP contribution is -2.21. The van der Waals surface area contributed by atoms with Crippen LogP contribution in [0.5, 0.6) is 5.75 Å². The van der Waals surface area contributed by atoms with Gasteiger partial charge in [-0.05, 0) is 66.2 Å². The SMILES string of the molecule is [2H]c1c([2H])c(OC([2H])([2H])c2cccc(F)c2)c(Cl)c([2H])c1Nc1ncnc2ccc(-c3ccc(CNC([2H])([2H])CS(C)(=O)=O)o3)cc12. The number of fused-ring (bicyclic) bond motifs is 1. The maximum absolute atomic E-state index is 13.7. The number of nitrogens with one attached hydrogen (secondary N) is 2. The van der Waals surface area contributed by atoms with Gasteiger partial charge in [-0.25, -0.2) is 22.8 Å². The van der Waals surface area contributed by atoms with Crippen LogP contribution in [0.3, 0.4) is 0 Å². The number of anilines is 2. The molecule has 5 aromatic rings. The van der Waals surface area contributed by atoms with E-state index >= 15 is 0 Å². The van der Waals surface area contributed by atoms with Crippen LogP contribution in [0.4, 0.5) is 15.9 Å². The van der Waals surface area contributed by atoms with Crippen LogP contribution >= 0.6 is 11.6 Å². The van der Waals surface area contributed by atoms with E-state index < -0.39 is 63.4 Å². The fourth-order valence-corrected chi connectivity index (χ4v) is 4.10. The normalized spacial score (nSPS) is 14.8. The maximum atomic E-state index is 13.7. The average Bonchev–Trinajstić information content (AvgIpc) is 3.47. The highest BCUT2D eigenvalue weighted by Gasteiger charge is 2.11. The molecule has 0 amide bonds. The van der Waals surface area contributed by atoms with Gasteiger partial charge in [0.2, 0.25) is 0 Å². The Morgan fingerprint density at radius 1 is 1.15 bits per heavy atom. The molecule has 0 aliphatic carbocycles. The second-order valence-corrected chi connectivity index (χ2v) is 11.1. The fourth-order valence-electron chi connectivity index (χ4n) is 3.55. The molecule has 0 aliphatic rings. The van der Waals surface area contributed by atoms with Gasteiger partial charge in [-0.1, -0.05) is 23.7 Å². The Balaban J connectivity index is 1.43. The van der Waals surface area contributed by atoms with E-state index in [2.05, 4.69) is 20.6 Å². The van der Waals surface area contributed by atoms with Crippen molar-refractivity contribution in [3.05, 3.63) is 101 Å². The number of sulfone groups is 1. The molecule has 0 aliphatic heterocycles. The smallest absolute Gasteiger partial charge is 0.148 e. The molecule has 0 saturated heterocycles. The summed E-state index contributed by atoms with van der Waals surface area (Å²) >= 11 is 6.38. The number of rotatable bonds is 11. The molecule has 0 radical (unpaired) electrons. The third-order valence-electron chi connectivity index (χ3n) is 5.38. The van der Waals surface area contributed by atoms with Crippen LogP contribution in [0.1, 0.15) is 20.9 Å². The van der Waals surface area contributed by atoms with E-state index in [1.165, 1.54) is 18.5 Å². The summed E-state index contributed by atoms with van der Waals surface area (Å²) in [6.07, 6.45) is 2.20. The number of nitrogens with zero attached hydrogens (tertiary/aromatic N) is 2. The first-order valence-corrected chi connectivity index (χ1v) is 14.2. The summed E-state index contributed by atoms with van der Waals surface area (Å²) in [4.78, 5) is 8.50. The second kappa shape index (κ2) is 12.0. The Labute approximate surface area is 245 Å². The van der Waals surface area contributed by atoms with Gasteiger partial charge in [-0.2, -0.15) is 0 Å². The predicted molar refractivity (Wildman–Crippen MR) is 154 cm³/mol. The Morgan fingerprint density at radius 2 is 2.02 bits per heavy atom. The molecular weight excluding hydrogens is 555 g/mol. The Hall–Kier alpha value is -3.99. The van der Waals surface area contributed by atoms with Crippen LogP contribution in [-0.2, 0) is 22.9 Å². The molecule has 0 spiro atoms. The summed E-state index contributed by atoms with van der Waals surface area (Å²) in [6.45, 7) is -4.89. The minimum absolute atomic E-state index is 0.0791. The average molecular weight is 588 g/mol. The minimum atomic E-state index is -3.56. The third kappa shape index (κ3) is 7.15. The zero-order valence-corrected chi connectivity index (χ0v) is 22.5. The molecule has 3 aromatic carbocycles. The van der Waals surface area contributed by atoms with Gasteiger partial charge in [0, 0.05) is 32.1 Å². The first-order valence-electron chi connectivity index (χ1n) is 15.2. The highest BCUT2D eigenvalue weighted by molar-refractivity contribution is 7.90. The molecular formula is C29H26ClFN4O4S. The number of aromatic nitrogens is 2. The third-order valence-corrected chi connectivity index (χ3v) is 6.31. The Kier molecular flexibility index (Phi) is 6.01. The van der Waals surface area contributed by atoms with Crippen LogP contribution < -0.4 is 15.4 Å². The monoisotopic (exact) mass is 587 g/mol. The van der Waals surface area contributed by atoms with Crippen LogP contribution in [0.2, 0.25) is 5.02 Å². The first-order chi connectivity index (χ1) is 21.9. The molecule has 2 aromatic heterocycles. The van der Waals surface area contributed by atoms with Crippen molar-refractivity contribution in [2.24, 2.45) is 0 Å². The number of halogens is 2. The lowest BCUT2D eigenvalue weighted by molar-refractivity contribution is 0.306. The van der Waals surface area contributed by atoms with Crippen molar-refractivity contribution >= 4 is 43.8 Å². The summed E-state index contributed by atoms with van der Waals surface area (Å²) in [5, 5.41) is 5.39. The van der Waals surface area contributed by atoms with Crippen molar-refractivity contribution in [3.8, 4) is 17.1 Å². The van der Waals surface area contributed by atoms with Crippen molar-refractivity contribution in [1.29, 1.82) is 0 Å². The molecule has 0 atom stereocenters. The lowest BCUT2D eigenvalue weighted by Gasteiger charge is -2.12. The molecule has 0 bridgehead atoms. The Morgan fingerprint density at radius 3 is 2.85 bits per heavy atom. The largest absolute Gasteiger partial charge is 0.487 e. The van der Waals surface area contributed by atoms with Gasteiger partial charge in [0.15, 0.2) is 0 Å². The summed E-state index contributed by atoms with van der Waals surface area (Å²) in [5.41, 5.74) is 0.649. The molecule has 2 N–H and O–H groups in total. The zero-order chi connectivity index (χ0) is 34.3. The summed E-state index contributed by atoms with van der Waals surface area (Å²) in [7, 11) is -3.56. The van der Waals surface area contributed by atoms with Gasteiger partial charge in [-0.3, -0.25) is 0 Å². The number of hydrogen-bond donors (Lipinski definition) is 2. The number of ether oxygens (including phenoxy) is 1. The van der Waals surface area contributed by atoms with Crippen LogP contribution in [-0.4, -0.2) is 36.9 Å². The van der Waals surface area contributed by atoms with Gasteiger partial charge >= 0.3 is 0 Å². The maximum Gasteiger partial charge on any atom is 0.148 e. The van der Waals surface area contributed by atoms with E-state index in [0.717, 1.165) is 18.4 Å². The molecule has 11 heteroatoms. The summed E-state index contributed by atoms with van der Waals surface area (Å²) in [5.74, 6) is -1.08. The van der Waals surface area contributed by atoms with Crippen LogP contribution in [0.25, 0.3) is 22.2 Å². The number of hydrogen-bond acceptors (Lipinski definition) is 8. The molecule has 40 heavy (non-hydrogen) atoms. The van der Waals surface area contributed by atoms with E-state index in [9.17, 15) is 12.8 Å². The van der Waals surface area contributed by atoms with Crippen molar-refractivity contribution in [3.63, 3.8) is 0 Å². The molecule has 0 unspecified atom stereocenters. The molecule has 2 heterocycles. The van der Waals surface area contributed by atoms with Crippen molar-refractivity contribution in [2.75, 3.05) is 23.8 Å². The molecule has 8 nitrogen and oxygen atoms in total. The highest BCUT2D eigenvalue weighted by atomic mass is 35.5.